The minimum atomic E-state index is -1.03. The summed E-state index contributed by atoms with van der Waals surface area (Å²) in [5, 5.41) is 27.1. The zero-order valence-electron chi connectivity index (χ0n) is 11.5. The zero-order chi connectivity index (χ0) is 15.6. The number of fused-ring (bicyclic) bond motifs is 1. The average molecular weight is 315 g/mol. The van der Waals surface area contributed by atoms with Gasteiger partial charge in [0.15, 0.2) is 5.82 Å². The first-order chi connectivity index (χ1) is 9.92. The topological polar surface area (TPSA) is 139 Å². The number of nitrogens with zero attached hydrogens (tertiary/aromatic N) is 1. The summed E-state index contributed by atoms with van der Waals surface area (Å²) in [5.41, 5.74) is -0.320. The Hall–Kier alpha value is -1.78. The van der Waals surface area contributed by atoms with E-state index >= 15 is 0 Å². The number of anilines is 3. The highest BCUT2D eigenvalue weighted by Gasteiger charge is 2.29. The maximum atomic E-state index is 12.0. The summed E-state index contributed by atoms with van der Waals surface area (Å²) in [6, 6.07) is -0.521. The van der Waals surface area contributed by atoms with Crippen molar-refractivity contribution >= 4 is 34.5 Å². The summed E-state index contributed by atoms with van der Waals surface area (Å²) in [6.07, 6.45) is -0.354. The van der Waals surface area contributed by atoms with Crippen LogP contribution < -0.4 is 21.5 Å². The van der Waals surface area contributed by atoms with Crippen molar-refractivity contribution in [2.24, 2.45) is 0 Å². The number of aromatic amines is 1. The van der Waals surface area contributed by atoms with E-state index in [0.29, 0.717) is 0 Å². The molecular formula is C11H17N5O4S. The molecule has 0 radical (unpaired) electrons. The Bertz CT molecular complexity index is 590. The van der Waals surface area contributed by atoms with Gasteiger partial charge in [-0.3, -0.25) is 19.9 Å². The standard InChI is InChI=1S/C11H17N5O4S/c1-4(17)7(18)5-3-12-8-6(13-5)9(19)15-10(14-8)16-11(20)21-2/h4-5,7,13,17-18H,3H2,1-2H3,(H3,12,14,15,16,19,20). The van der Waals surface area contributed by atoms with Gasteiger partial charge in [-0.05, 0) is 13.2 Å². The first-order valence-electron chi connectivity index (χ1n) is 6.28. The lowest BCUT2D eigenvalue weighted by Crippen LogP contribution is -2.48. The van der Waals surface area contributed by atoms with Crippen LogP contribution in [0.2, 0.25) is 0 Å². The van der Waals surface area contributed by atoms with Gasteiger partial charge in [0, 0.05) is 6.54 Å². The molecule has 21 heavy (non-hydrogen) atoms. The molecule has 1 aliphatic rings. The van der Waals surface area contributed by atoms with Gasteiger partial charge < -0.3 is 20.8 Å². The molecule has 0 bridgehead atoms. The molecule has 9 nitrogen and oxygen atoms in total. The van der Waals surface area contributed by atoms with E-state index in [1.807, 2.05) is 0 Å². The molecule has 1 aromatic heterocycles. The second-order valence-electron chi connectivity index (χ2n) is 4.62. The smallest absolute Gasteiger partial charge is 0.285 e. The van der Waals surface area contributed by atoms with E-state index in [1.54, 1.807) is 6.26 Å². The van der Waals surface area contributed by atoms with Gasteiger partial charge in [0.05, 0.1) is 12.1 Å². The van der Waals surface area contributed by atoms with Crippen molar-refractivity contribution in [1.82, 2.24) is 9.97 Å². The molecule has 0 saturated carbocycles. The van der Waals surface area contributed by atoms with Gasteiger partial charge in [-0.1, -0.05) is 11.8 Å². The molecule has 3 atom stereocenters. The van der Waals surface area contributed by atoms with Gasteiger partial charge in [0.1, 0.15) is 11.8 Å². The van der Waals surface area contributed by atoms with Crippen molar-refractivity contribution in [2.75, 3.05) is 28.8 Å². The van der Waals surface area contributed by atoms with Gasteiger partial charge in [-0.15, -0.1) is 0 Å². The van der Waals surface area contributed by atoms with E-state index < -0.39 is 23.8 Å². The van der Waals surface area contributed by atoms with Gasteiger partial charge in [0.2, 0.25) is 5.95 Å². The van der Waals surface area contributed by atoms with Crippen LogP contribution in [0.1, 0.15) is 6.92 Å². The molecule has 1 amide bonds. The Labute approximate surface area is 124 Å². The summed E-state index contributed by atoms with van der Waals surface area (Å²) >= 11 is 0.961. The first-order valence-corrected chi connectivity index (χ1v) is 7.50. The third kappa shape index (κ3) is 3.46. The molecule has 116 valence electrons. The van der Waals surface area contributed by atoms with Crippen molar-refractivity contribution in [3.05, 3.63) is 10.4 Å². The fourth-order valence-corrected chi connectivity index (χ4v) is 2.13. The van der Waals surface area contributed by atoms with Crippen molar-refractivity contribution < 1.29 is 15.0 Å². The third-order valence-corrected chi connectivity index (χ3v) is 3.52. The molecule has 0 saturated heterocycles. The van der Waals surface area contributed by atoms with Gasteiger partial charge in [0.25, 0.3) is 10.8 Å². The number of aliphatic hydroxyl groups is 2. The third-order valence-electron chi connectivity index (χ3n) is 3.05. The number of carbonyl (C=O) groups excluding carboxylic acids is 1. The summed E-state index contributed by atoms with van der Waals surface area (Å²) in [7, 11) is 0. The fourth-order valence-electron chi connectivity index (χ4n) is 1.93. The minimum Gasteiger partial charge on any atom is -0.391 e. The van der Waals surface area contributed by atoms with Crippen LogP contribution in [0.5, 0.6) is 0 Å². The predicted molar refractivity (Wildman–Crippen MR) is 81.0 cm³/mol. The number of thioether (sulfide) groups is 1. The normalized spacial score (nSPS) is 19.7. The quantitative estimate of drug-likeness (QED) is 0.443. The van der Waals surface area contributed by atoms with Crippen LogP contribution in [0.3, 0.4) is 0 Å². The lowest BCUT2D eigenvalue weighted by Gasteiger charge is -2.31. The molecule has 10 heteroatoms. The Morgan fingerprint density at radius 3 is 2.86 bits per heavy atom. The Morgan fingerprint density at radius 1 is 1.52 bits per heavy atom. The fraction of sp³-hybridized carbons (Fsp3) is 0.545. The van der Waals surface area contributed by atoms with E-state index in [0.717, 1.165) is 11.8 Å². The van der Waals surface area contributed by atoms with E-state index in [-0.39, 0.29) is 29.2 Å². The molecule has 1 aromatic rings. The maximum Gasteiger partial charge on any atom is 0.285 e. The van der Waals surface area contributed by atoms with E-state index in [2.05, 4.69) is 25.9 Å². The predicted octanol–water partition coefficient (Wildman–Crippen LogP) is -0.388. The number of nitrogens with one attached hydrogen (secondary N) is 4. The molecule has 6 N–H and O–H groups in total. The summed E-state index contributed by atoms with van der Waals surface area (Å²) in [5.74, 6) is 0.325. The number of hydrogen-bond donors (Lipinski definition) is 6. The van der Waals surface area contributed by atoms with Crippen LogP contribution in [0, 0.1) is 0 Å². The second-order valence-corrected chi connectivity index (χ2v) is 5.40. The monoisotopic (exact) mass is 315 g/mol. The molecular weight excluding hydrogens is 298 g/mol. The number of amides is 1. The highest BCUT2D eigenvalue weighted by atomic mass is 32.2. The molecule has 2 rings (SSSR count). The number of hydrogen-bond acceptors (Lipinski definition) is 8. The largest absolute Gasteiger partial charge is 0.391 e. The Kier molecular flexibility index (Phi) is 4.70. The Morgan fingerprint density at radius 2 is 2.24 bits per heavy atom. The Balaban J connectivity index is 2.22. The van der Waals surface area contributed by atoms with Crippen LogP contribution in [0.25, 0.3) is 0 Å². The summed E-state index contributed by atoms with van der Waals surface area (Å²) in [4.78, 5) is 29.8. The molecule has 0 aliphatic carbocycles. The van der Waals surface area contributed by atoms with Crippen LogP contribution in [-0.4, -0.2) is 56.5 Å². The SMILES string of the molecule is CSC(=O)Nc1nc2c(c(=O)[nH]1)NC(C(O)C(C)O)CN2. The summed E-state index contributed by atoms with van der Waals surface area (Å²) < 4.78 is 0. The van der Waals surface area contributed by atoms with Crippen LogP contribution in [-0.2, 0) is 0 Å². The van der Waals surface area contributed by atoms with Crippen LogP contribution >= 0.6 is 11.8 Å². The van der Waals surface area contributed by atoms with Gasteiger partial charge in [-0.25, -0.2) is 0 Å². The lowest BCUT2D eigenvalue weighted by atomic mass is 10.0. The van der Waals surface area contributed by atoms with Crippen molar-refractivity contribution in [1.29, 1.82) is 0 Å². The summed E-state index contributed by atoms with van der Waals surface area (Å²) in [6.45, 7) is 1.75. The van der Waals surface area contributed by atoms with E-state index in [1.165, 1.54) is 6.92 Å². The minimum absolute atomic E-state index is 0.0434. The maximum absolute atomic E-state index is 12.0. The van der Waals surface area contributed by atoms with E-state index in [9.17, 15) is 19.8 Å². The highest BCUT2D eigenvalue weighted by molar-refractivity contribution is 8.13. The average Bonchev–Trinajstić information content (AvgIpc) is 2.46. The highest BCUT2D eigenvalue weighted by Crippen LogP contribution is 2.22. The molecule has 2 heterocycles. The first kappa shape index (κ1) is 15.6. The second kappa shape index (κ2) is 6.33. The van der Waals surface area contributed by atoms with Crippen LogP contribution in [0.15, 0.2) is 4.79 Å². The van der Waals surface area contributed by atoms with Crippen molar-refractivity contribution in [2.45, 2.75) is 25.2 Å². The molecule has 0 fully saturated rings. The van der Waals surface area contributed by atoms with Gasteiger partial charge >= 0.3 is 0 Å². The van der Waals surface area contributed by atoms with Crippen molar-refractivity contribution in [3.8, 4) is 0 Å². The molecule has 0 aromatic carbocycles. The van der Waals surface area contributed by atoms with Crippen LogP contribution in [0.4, 0.5) is 22.2 Å². The molecule has 3 unspecified atom stereocenters. The number of rotatable bonds is 3. The number of aromatic nitrogens is 2. The van der Waals surface area contributed by atoms with Gasteiger partial charge in [-0.2, -0.15) is 4.98 Å². The number of carbonyl (C=O) groups is 1. The lowest BCUT2D eigenvalue weighted by molar-refractivity contribution is 0.0214. The zero-order valence-corrected chi connectivity index (χ0v) is 12.3. The van der Waals surface area contributed by atoms with E-state index in [4.69, 9.17) is 0 Å². The molecule has 0 spiro atoms. The molecule has 1 aliphatic heterocycles. The van der Waals surface area contributed by atoms with Crippen molar-refractivity contribution in [3.63, 3.8) is 0 Å². The number of H-pyrrole nitrogens is 1. The number of aliphatic hydroxyl groups excluding tert-OH is 2.